The minimum atomic E-state index is -4.73. The van der Waals surface area contributed by atoms with Gasteiger partial charge in [0.2, 0.25) is 0 Å². The standard InChI is InChI=1S/C6H13O8P/c7-2-1-4(8)6(10)5(9)3-14-15(11,12)13/h2,4-6,8-10H,1,3H2,(H2,11,12,13)/t4-,5-,6+/m1/s1. The van der Waals surface area contributed by atoms with Crippen LogP contribution < -0.4 is 0 Å². The van der Waals surface area contributed by atoms with Crippen molar-refractivity contribution in [2.75, 3.05) is 6.61 Å². The molecule has 0 aromatic heterocycles. The molecule has 0 spiro atoms. The van der Waals surface area contributed by atoms with Crippen LogP contribution in [0.25, 0.3) is 0 Å². The summed E-state index contributed by atoms with van der Waals surface area (Å²) in [6.45, 7) is -0.846. The van der Waals surface area contributed by atoms with Crippen molar-refractivity contribution in [1.82, 2.24) is 0 Å². The van der Waals surface area contributed by atoms with Crippen LogP contribution in [0.2, 0.25) is 0 Å². The average molecular weight is 244 g/mol. The predicted molar refractivity (Wildman–Crippen MR) is 46.7 cm³/mol. The highest BCUT2D eigenvalue weighted by molar-refractivity contribution is 7.46. The monoisotopic (exact) mass is 244 g/mol. The highest BCUT2D eigenvalue weighted by Gasteiger charge is 2.27. The van der Waals surface area contributed by atoms with Gasteiger partial charge in [-0.25, -0.2) is 4.57 Å². The van der Waals surface area contributed by atoms with Crippen LogP contribution in [-0.2, 0) is 13.9 Å². The van der Waals surface area contributed by atoms with E-state index in [-0.39, 0.29) is 0 Å². The first-order valence-electron chi connectivity index (χ1n) is 3.96. The molecule has 0 aromatic rings. The molecule has 0 aliphatic heterocycles. The number of aliphatic hydroxyl groups excluding tert-OH is 3. The van der Waals surface area contributed by atoms with Crippen LogP contribution in [0.5, 0.6) is 0 Å². The third kappa shape index (κ3) is 6.69. The molecule has 0 amide bonds. The summed E-state index contributed by atoms with van der Waals surface area (Å²) in [7, 11) is -4.73. The molecule has 0 radical (unpaired) electrons. The van der Waals surface area contributed by atoms with Crippen LogP contribution >= 0.6 is 7.82 Å². The smallest absolute Gasteiger partial charge is 0.390 e. The maximum atomic E-state index is 10.2. The molecule has 0 aliphatic carbocycles. The zero-order valence-electron chi connectivity index (χ0n) is 7.63. The van der Waals surface area contributed by atoms with Crippen LogP contribution in [0.3, 0.4) is 0 Å². The zero-order valence-corrected chi connectivity index (χ0v) is 8.53. The van der Waals surface area contributed by atoms with Crippen LogP contribution in [0, 0.1) is 0 Å². The Kier molecular flexibility index (Phi) is 6.15. The van der Waals surface area contributed by atoms with Gasteiger partial charge in [-0.3, -0.25) is 4.52 Å². The lowest BCUT2D eigenvalue weighted by atomic mass is 10.1. The number of rotatable bonds is 7. The van der Waals surface area contributed by atoms with E-state index in [4.69, 9.17) is 25.1 Å². The molecule has 3 atom stereocenters. The number of hydrogen-bond acceptors (Lipinski definition) is 6. The van der Waals surface area contributed by atoms with Crippen molar-refractivity contribution < 1.29 is 39.0 Å². The number of carbonyl (C=O) groups is 1. The molecule has 9 heteroatoms. The molecule has 0 rings (SSSR count). The fraction of sp³-hybridized carbons (Fsp3) is 0.833. The van der Waals surface area contributed by atoms with Gasteiger partial charge in [-0.15, -0.1) is 0 Å². The van der Waals surface area contributed by atoms with E-state index in [1.807, 2.05) is 0 Å². The summed E-state index contributed by atoms with van der Waals surface area (Å²) in [6, 6.07) is 0. The van der Waals surface area contributed by atoms with Crippen molar-refractivity contribution in [3.63, 3.8) is 0 Å². The largest absolute Gasteiger partial charge is 0.469 e. The third-order valence-corrected chi connectivity index (χ3v) is 2.03. The lowest BCUT2D eigenvalue weighted by molar-refractivity contribution is -0.115. The lowest BCUT2D eigenvalue weighted by Crippen LogP contribution is -2.40. The molecule has 15 heavy (non-hydrogen) atoms. The number of aliphatic hydroxyl groups is 3. The van der Waals surface area contributed by atoms with Crippen molar-refractivity contribution in [2.24, 2.45) is 0 Å². The van der Waals surface area contributed by atoms with Crippen LogP contribution in [0.1, 0.15) is 6.42 Å². The van der Waals surface area contributed by atoms with E-state index in [9.17, 15) is 9.36 Å². The Balaban J connectivity index is 4.03. The van der Waals surface area contributed by atoms with E-state index < -0.39 is 39.2 Å². The minimum absolute atomic E-state index is 0.338. The average Bonchev–Trinajstić information content (AvgIpc) is 2.12. The molecule has 0 saturated carbocycles. The number of carbonyl (C=O) groups excluding carboxylic acids is 1. The molecule has 0 heterocycles. The Morgan fingerprint density at radius 1 is 1.20 bits per heavy atom. The summed E-state index contributed by atoms with van der Waals surface area (Å²) < 4.78 is 14.1. The van der Waals surface area contributed by atoms with Gasteiger partial charge in [-0.05, 0) is 0 Å². The first kappa shape index (κ1) is 14.7. The molecule has 0 aromatic carbocycles. The maximum Gasteiger partial charge on any atom is 0.469 e. The predicted octanol–water partition coefficient (Wildman–Crippen LogP) is -2.23. The highest BCUT2D eigenvalue weighted by Crippen LogP contribution is 2.35. The van der Waals surface area contributed by atoms with Gasteiger partial charge in [-0.1, -0.05) is 0 Å². The lowest BCUT2D eigenvalue weighted by Gasteiger charge is -2.21. The van der Waals surface area contributed by atoms with E-state index in [0.717, 1.165) is 0 Å². The Morgan fingerprint density at radius 2 is 1.73 bits per heavy atom. The van der Waals surface area contributed by atoms with E-state index in [0.29, 0.717) is 6.29 Å². The van der Waals surface area contributed by atoms with Gasteiger partial charge in [0.25, 0.3) is 0 Å². The molecule has 0 fully saturated rings. The van der Waals surface area contributed by atoms with Crippen molar-refractivity contribution >= 4 is 14.1 Å². The van der Waals surface area contributed by atoms with Crippen molar-refractivity contribution in [3.8, 4) is 0 Å². The Bertz CT molecular complexity index is 237. The van der Waals surface area contributed by atoms with Gasteiger partial charge in [0.15, 0.2) is 0 Å². The molecule has 0 aliphatic rings. The summed E-state index contributed by atoms with van der Waals surface area (Å²) in [5, 5.41) is 27.2. The highest BCUT2D eigenvalue weighted by atomic mass is 31.2. The van der Waals surface area contributed by atoms with Crippen molar-refractivity contribution in [3.05, 3.63) is 0 Å². The minimum Gasteiger partial charge on any atom is -0.390 e. The van der Waals surface area contributed by atoms with Crippen LogP contribution in [0.4, 0.5) is 0 Å². The summed E-state index contributed by atoms with van der Waals surface area (Å²) in [5.41, 5.74) is 0. The first-order chi connectivity index (χ1) is 6.78. The second-order valence-electron chi connectivity index (χ2n) is 2.81. The fourth-order valence-corrected chi connectivity index (χ4v) is 1.11. The second kappa shape index (κ2) is 6.29. The molecule has 5 N–H and O–H groups in total. The van der Waals surface area contributed by atoms with Gasteiger partial charge in [0.05, 0.1) is 12.7 Å². The molecular weight excluding hydrogens is 231 g/mol. The van der Waals surface area contributed by atoms with Crippen molar-refractivity contribution in [2.45, 2.75) is 24.7 Å². The zero-order chi connectivity index (χ0) is 12.1. The number of phosphoric ester groups is 1. The van der Waals surface area contributed by atoms with Crippen LogP contribution in [0.15, 0.2) is 0 Å². The van der Waals surface area contributed by atoms with Gasteiger partial charge in [-0.2, -0.15) is 0 Å². The molecule has 90 valence electrons. The summed E-state index contributed by atoms with van der Waals surface area (Å²) >= 11 is 0. The van der Waals surface area contributed by atoms with Gasteiger partial charge >= 0.3 is 7.82 Å². The van der Waals surface area contributed by atoms with E-state index in [1.165, 1.54) is 0 Å². The first-order valence-corrected chi connectivity index (χ1v) is 5.49. The number of hydrogen-bond donors (Lipinski definition) is 5. The summed E-state index contributed by atoms with van der Waals surface area (Å²) in [5.74, 6) is 0. The molecule has 8 nitrogen and oxygen atoms in total. The van der Waals surface area contributed by atoms with Gasteiger partial charge < -0.3 is 29.9 Å². The fourth-order valence-electron chi connectivity index (χ4n) is 0.766. The Morgan fingerprint density at radius 3 is 2.13 bits per heavy atom. The van der Waals surface area contributed by atoms with E-state index >= 15 is 0 Å². The van der Waals surface area contributed by atoms with Gasteiger partial charge in [0, 0.05) is 6.42 Å². The summed E-state index contributed by atoms with van der Waals surface area (Å²) in [6.07, 6.45) is -4.95. The molecule has 0 unspecified atom stereocenters. The quantitative estimate of drug-likeness (QED) is 0.250. The number of phosphoric acid groups is 1. The Labute approximate surface area is 85.4 Å². The molecular formula is C6H13O8P. The SMILES string of the molecule is O=CC[C@@H](O)[C@H](O)[C@H](O)COP(=O)(O)O. The summed E-state index contributed by atoms with van der Waals surface area (Å²) in [4.78, 5) is 26.5. The maximum absolute atomic E-state index is 10.2. The third-order valence-electron chi connectivity index (χ3n) is 1.54. The topological polar surface area (TPSA) is 145 Å². The van der Waals surface area contributed by atoms with E-state index in [2.05, 4.69) is 4.52 Å². The molecule has 0 bridgehead atoms. The second-order valence-corrected chi connectivity index (χ2v) is 4.05. The number of aldehydes is 1. The van der Waals surface area contributed by atoms with Gasteiger partial charge in [0.1, 0.15) is 18.5 Å². The van der Waals surface area contributed by atoms with Crippen molar-refractivity contribution in [1.29, 1.82) is 0 Å². The van der Waals surface area contributed by atoms with Crippen LogP contribution in [-0.4, -0.2) is 56.3 Å². The van der Waals surface area contributed by atoms with E-state index in [1.54, 1.807) is 0 Å². The normalized spacial score (nSPS) is 18.2. The Hall–Kier alpha value is -0.340. The molecule has 0 saturated heterocycles.